The number of urea groups is 1. The molecule has 3 amide bonds. The van der Waals surface area contributed by atoms with Crippen molar-refractivity contribution in [1.29, 1.82) is 0 Å². The highest BCUT2D eigenvalue weighted by molar-refractivity contribution is 6.30. The Morgan fingerprint density at radius 2 is 1.94 bits per heavy atom. The molecule has 2 heterocycles. The number of hydrogen-bond donors (Lipinski definition) is 1. The fourth-order valence-corrected chi connectivity index (χ4v) is 4.64. The molecule has 1 saturated carbocycles. The third-order valence-corrected chi connectivity index (χ3v) is 6.28. The number of halogens is 1. The highest BCUT2D eigenvalue weighted by Crippen LogP contribution is 2.38. The van der Waals surface area contributed by atoms with E-state index in [2.05, 4.69) is 15.5 Å². The lowest BCUT2D eigenvalue weighted by Gasteiger charge is -2.41. The second-order valence-corrected chi connectivity index (χ2v) is 8.49. The molecule has 3 aromatic rings. The van der Waals surface area contributed by atoms with E-state index in [0.29, 0.717) is 29.6 Å². The molecule has 1 N–H and O–H groups in total. The Hall–Kier alpha value is -3.19. The molecule has 8 heteroatoms. The molecule has 0 bridgehead atoms. The summed E-state index contributed by atoms with van der Waals surface area (Å²) in [5, 5.41) is 7.72. The zero-order chi connectivity index (χ0) is 21.4. The second-order valence-electron chi connectivity index (χ2n) is 8.05. The normalized spacial score (nSPS) is 23.4. The van der Waals surface area contributed by atoms with Crippen molar-refractivity contribution < 1.29 is 14.1 Å². The SMILES string of the molecule is O=C1NC2CC(c3nc(-c4cccc(Cl)c4)no3)CCC2C(=O)N1Cc1ccccc1. The highest BCUT2D eigenvalue weighted by atomic mass is 35.5. The van der Waals surface area contributed by atoms with Gasteiger partial charge in [-0.25, -0.2) is 4.79 Å². The lowest BCUT2D eigenvalue weighted by Crippen LogP contribution is -2.60. The first kappa shape index (κ1) is 19.8. The van der Waals surface area contributed by atoms with E-state index in [1.165, 1.54) is 4.90 Å². The summed E-state index contributed by atoms with van der Waals surface area (Å²) in [7, 11) is 0. The largest absolute Gasteiger partial charge is 0.339 e. The minimum Gasteiger partial charge on any atom is -0.339 e. The van der Waals surface area contributed by atoms with E-state index >= 15 is 0 Å². The van der Waals surface area contributed by atoms with Crippen LogP contribution in [-0.2, 0) is 11.3 Å². The number of carbonyl (C=O) groups is 2. The third kappa shape index (κ3) is 3.93. The summed E-state index contributed by atoms with van der Waals surface area (Å²) < 4.78 is 5.52. The van der Waals surface area contributed by atoms with Gasteiger partial charge in [-0.2, -0.15) is 4.98 Å². The smallest absolute Gasteiger partial charge is 0.324 e. The van der Waals surface area contributed by atoms with E-state index in [1.807, 2.05) is 42.5 Å². The Bertz CT molecular complexity index is 1120. The van der Waals surface area contributed by atoms with Crippen molar-refractivity contribution >= 4 is 23.5 Å². The molecule has 2 aliphatic rings. The topological polar surface area (TPSA) is 88.3 Å². The zero-order valence-corrected chi connectivity index (χ0v) is 17.5. The van der Waals surface area contributed by atoms with Gasteiger partial charge in [0.15, 0.2) is 0 Å². The predicted octanol–water partition coefficient (Wildman–Crippen LogP) is 4.39. The van der Waals surface area contributed by atoms with E-state index in [0.717, 1.165) is 17.5 Å². The molecule has 1 aromatic heterocycles. The fourth-order valence-electron chi connectivity index (χ4n) is 4.45. The van der Waals surface area contributed by atoms with Crippen molar-refractivity contribution in [3.05, 3.63) is 71.1 Å². The standard InChI is InChI=1S/C23H21ClN4O3/c24-17-8-4-7-15(11-17)20-26-21(31-27-20)16-9-10-18-19(12-16)25-23(30)28(22(18)29)13-14-5-2-1-3-6-14/h1-8,11,16,18-19H,9-10,12-13H2,(H,25,30). The van der Waals surface area contributed by atoms with Crippen LogP contribution < -0.4 is 5.32 Å². The van der Waals surface area contributed by atoms with Crippen LogP contribution in [0.25, 0.3) is 11.4 Å². The molecule has 158 valence electrons. The van der Waals surface area contributed by atoms with E-state index in [4.69, 9.17) is 16.1 Å². The molecule has 31 heavy (non-hydrogen) atoms. The fraction of sp³-hybridized carbons (Fsp3) is 0.304. The number of nitrogens with zero attached hydrogens (tertiary/aromatic N) is 3. The number of imide groups is 1. The first-order chi connectivity index (χ1) is 15.1. The highest BCUT2D eigenvalue weighted by Gasteiger charge is 2.45. The van der Waals surface area contributed by atoms with Gasteiger partial charge in [0.05, 0.1) is 12.5 Å². The number of aromatic nitrogens is 2. The number of nitrogens with one attached hydrogen (secondary N) is 1. The monoisotopic (exact) mass is 436 g/mol. The average Bonchev–Trinajstić information content (AvgIpc) is 3.27. The molecule has 3 atom stereocenters. The third-order valence-electron chi connectivity index (χ3n) is 6.04. The number of hydrogen-bond acceptors (Lipinski definition) is 5. The zero-order valence-electron chi connectivity index (χ0n) is 16.7. The van der Waals surface area contributed by atoms with Gasteiger partial charge < -0.3 is 9.84 Å². The summed E-state index contributed by atoms with van der Waals surface area (Å²) in [6.45, 7) is 0.283. The Balaban J connectivity index is 1.29. The van der Waals surface area contributed by atoms with Gasteiger partial charge in [0, 0.05) is 22.5 Å². The molecule has 0 radical (unpaired) electrons. The molecule has 3 unspecified atom stereocenters. The van der Waals surface area contributed by atoms with Gasteiger partial charge in [0.2, 0.25) is 17.6 Å². The molecule has 2 aromatic carbocycles. The van der Waals surface area contributed by atoms with Gasteiger partial charge in [0.1, 0.15) is 0 Å². The van der Waals surface area contributed by atoms with Crippen LogP contribution in [0.4, 0.5) is 4.79 Å². The van der Waals surface area contributed by atoms with Crippen LogP contribution in [0.3, 0.4) is 0 Å². The molecule has 1 saturated heterocycles. The van der Waals surface area contributed by atoms with Crippen molar-refractivity contribution in [2.75, 3.05) is 0 Å². The summed E-state index contributed by atoms with van der Waals surface area (Å²) in [6.07, 6.45) is 2.01. The summed E-state index contributed by atoms with van der Waals surface area (Å²) in [4.78, 5) is 31.6. The lowest BCUT2D eigenvalue weighted by atomic mass is 9.76. The van der Waals surface area contributed by atoms with Gasteiger partial charge in [-0.05, 0) is 37.0 Å². The van der Waals surface area contributed by atoms with Crippen LogP contribution >= 0.6 is 11.6 Å². The van der Waals surface area contributed by atoms with Crippen LogP contribution in [0.5, 0.6) is 0 Å². The van der Waals surface area contributed by atoms with Gasteiger partial charge in [-0.15, -0.1) is 0 Å². The van der Waals surface area contributed by atoms with Crippen LogP contribution in [0.1, 0.15) is 36.6 Å². The Morgan fingerprint density at radius 3 is 2.74 bits per heavy atom. The number of rotatable bonds is 4. The van der Waals surface area contributed by atoms with Gasteiger partial charge in [-0.1, -0.05) is 59.2 Å². The van der Waals surface area contributed by atoms with Crippen molar-refractivity contribution in [2.45, 2.75) is 37.8 Å². The molecule has 0 spiro atoms. The quantitative estimate of drug-likeness (QED) is 0.655. The molecule has 5 rings (SSSR count). The lowest BCUT2D eigenvalue weighted by molar-refractivity contribution is -0.137. The number of carbonyl (C=O) groups excluding carboxylic acids is 2. The Labute approximate surface area is 184 Å². The van der Waals surface area contributed by atoms with Crippen LogP contribution in [-0.4, -0.2) is 33.0 Å². The maximum atomic E-state index is 13.0. The molecule has 2 fully saturated rings. The van der Waals surface area contributed by atoms with E-state index in [9.17, 15) is 9.59 Å². The van der Waals surface area contributed by atoms with Gasteiger partial charge >= 0.3 is 6.03 Å². The second kappa shape index (κ2) is 8.15. The summed E-state index contributed by atoms with van der Waals surface area (Å²) in [5.41, 5.74) is 1.71. The van der Waals surface area contributed by atoms with Crippen LogP contribution in [0, 0.1) is 5.92 Å². The van der Waals surface area contributed by atoms with Crippen molar-refractivity contribution in [3.8, 4) is 11.4 Å². The van der Waals surface area contributed by atoms with Gasteiger partial charge in [-0.3, -0.25) is 9.69 Å². The molecular formula is C23H21ClN4O3. The molecule has 7 nitrogen and oxygen atoms in total. The molecule has 1 aliphatic heterocycles. The Kier molecular flexibility index (Phi) is 5.19. The van der Waals surface area contributed by atoms with Crippen molar-refractivity contribution in [2.24, 2.45) is 5.92 Å². The number of fused-ring (bicyclic) bond motifs is 1. The maximum absolute atomic E-state index is 13.0. The number of amides is 3. The Morgan fingerprint density at radius 1 is 1.10 bits per heavy atom. The minimum absolute atomic E-state index is 0.00421. The minimum atomic E-state index is -0.346. The van der Waals surface area contributed by atoms with E-state index in [-0.39, 0.29) is 36.4 Å². The van der Waals surface area contributed by atoms with Crippen LogP contribution in [0.15, 0.2) is 59.1 Å². The van der Waals surface area contributed by atoms with E-state index < -0.39 is 0 Å². The van der Waals surface area contributed by atoms with Crippen molar-refractivity contribution in [3.63, 3.8) is 0 Å². The molecular weight excluding hydrogens is 416 g/mol. The summed E-state index contributed by atoms with van der Waals surface area (Å²) in [6, 6.07) is 16.2. The van der Waals surface area contributed by atoms with E-state index in [1.54, 1.807) is 12.1 Å². The first-order valence-electron chi connectivity index (χ1n) is 10.3. The predicted molar refractivity (Wildman–Crippen MR) is 114 cm³/mol. The summed E-state index contributed by atoms with van der Waals surface area (Å²) >= 11 is 6.05. The first-order valence-corrected chi connectivity index (χ1v) is 10.7. The number of benzene rings is 2. The average molecular weight is 437 g/mol. The maximum Gasteiger partial charge on any atom is 0.324 e. The van der Waals surface area contributed by atoms with Gasteiger partial charge in [0.25, 0.3) is 0 Å². The summed E-state index contributed by atoms with van der Waals surface area (Å²) in [5.74, 6) is 0.670. The molecule has 1 aliphatic carbocycles. The van der Waals surface area contributed by atoms with Crippen molar-refractivity contribution in [1.82, 2.24) is 20.4 Å². The van der Waals surface area contributed by atoms with Crippen LogP contribution in [0.2, 0.25) is 5.02 Å².